The summed E-state index contributed by atoms with van der Waals surface area (Å²) >= 11 is 3.24. The quantitative estimate of drug-likeness (QED) is 0.789. The lowest BCUT2D eigenvalue weighted by Gasteiger charge is -2.25. The minimum Gasteiger partial charge on any atom is -0.503 e. The number of phenols is 1. The van der Waals surface area contributed by atoms with Gasteiger partial charge >= 0.3 is 5.63 Å². The summed E-state index contributed by atoms with van der Waals surface area (Å²) in [5.41, 5.74) is 6.01. The van der Waals surface area contributed by atoms with Crippen LogP contribution in [0.15, 0.2) is 43.3 Å². The number of rotatable bonds is 2. The first-order chi connectivity index (χ1) is 11.9. The van der Waals surface area contributed by atoms with Crippen LogP contribution in [0.4, 0.5) is 0 Å². The minimum absolute atomic E-state index is 0.0725. The molecule has 2 aromatic rings. The van der Waals surface area contributed by atoms with E-state index in [0.717, 1.165) is 0 Å². The predicted octanol–water partition coefficient (Wildman–Crippen LogP) is 2.64. The first kappa shape index (κ1) is 16.9. The van der Waals surface area contributed by atoms with Crippen LogP contribution in [0.5, 0.6) is 17.2 Å². The van der Waals surface area contributed by atoms with Gasteiger partial charge in [0.05, 0.1) is 23.1 Å². The maximum absolute atomic E-state index is 12.4. The Bertz CT molecular complexity index is 1000. The van der Waals surface area contributed by atoms with Crippen molar-refractivity contribution in [2.45, 2.75) is 12.8 Å². The molecule has 0 aliphatic carbocycles. The normalized spacial score (nSPS) is 16.0. The molecule has 2 heterocycles. The molecular formula is C17H13BrN2O5. The third-order valence-corrected chi connectivity index (χ3v) is 4.47. The van der Waals surface area contributed by atoms with E-state index in [-0.39, 0.29) is 34.3 Å². The number of aromatic hydroxyl groups is 1. The van der Waals surface area contributed by atoms with Gasteiger partial charge in [-0.25, -0.2) is 4.79 Å². The van der Waals surface area contributed by atoms with Gasteiger partial charge in [-0.1, -0.05) is 0 Å². The van der Waals surface area contributed by atoms with E-state index in [4.69, 9.17) is 19.6 Å². The number of methoxy groups -OCH3 is 1. The second-order valence-corrected chi connectivity index (χ2v) is 6.26. The summed E-state index contributed by atoms with van der Waals surface area (Å²) in [6, 6.07) is 6.64. The molecule has 3 rings (SSSR count). The van der Waals surface area contributed by atoms with Crippen LogP contribution >= 0.6 is 15.9 Å². The van der Waals surface area contributed by atoms with Crippen molar-refractivity contribution in [2.75, 3.05) is 7.11 Å². The zero-order valence-electron chi connectivity index (χ0n) is 13.3. The van der Waals surface area contributed by atoms with E-state index in [9.17, 15) is 15.2 Å². The van der Waals surface area contributed by atoms with Gasteiger partial charge in [0.2, 0.25) is 5.88 Å². The Hall–Kier alpha value is -2.92. The maximum atomic E-state index is 12.4. The number of ether oxygens (including phenoxy) is 2. The molecule has 25 heavy (non-hydrogen) atoms. The summed E-state index contributed by atoms with van der Waals surface area (Å²) in [6.07, 6.45) is 0. The van der Waals surface area contributed by atoms with E-state index < -0.39 is 11.5 Å². The second-order valence-electron chi connectivity index (χ2n) is 5.40. The number of aryl methyl sites for hydroxylation is 1. The average Bonchev–Trinajstić information content (AvgIpc) is 2.55. The molecular weight excluding hydrogens is 392 g/mol. The van der Waals surface area contributed by atoms with E-state index in [1.54, 1.807) is 13.0 Å². The first-order valence-corrected chi connectivity index (χ1v) is 7.95. The summed E-state index contributed by atoms with van der Waals surface area (Å²) in [4.78, 5) is 12.4. The van der Waals surface area contributed by atoms with E-state index >= 15 is 0 Å². The summed E-state index contributed by atoms with van der Waals surface area (Å²) in [5, 5.41) is 19.5. The molecule has 1 aromatic heterocycles. The fourth-order valence-corrected chi connectivity index (χ4v) is 3.23. The van der Waals surface area contributed by atoms with Crippen molar-refractivity contribution in [1.82, 2.24) is 0 Å². The molecule has 0 bridgehead atoms. The minimum atomic E-state index is -0.809. The highest BCUT2D eigenvalue weighted by molar-refractivity contribution is 9.10. The predicted molar refractivity (Wildman–Crippen MR) is 91.4 cm³/mol. The highest BCUT2D eigenvalue weighted by Gasteiger charge is 2.35. The molecule has 0 spiro atoms. The van der Waals surface area contributed by atoms with Crippen LogP contribution in [-0.4, -0.2) is 12.2 Å². The zero-order chi connectivity index (χ0) is 18.3. The Morgan fingerprint density at radius 2 is 2.12 bits per heavy atom. The molecule has 1 aliphatic rings. The number of fused-ring (bicyclic) bond motifs is 1. The summed E-state index contributed by atoms with van der Waals surface area (Å²) in [5.74, 6) is -0.210. The number of hydrogen-bond acceptors (Lipinski definition) is 7. The Morgan fingerprint density at radius 1 is 1.40 bits per heavy atom. The molecule has 0 fully saturated rings. The first-order valence-electron chi connectivity index (χ1n) is 7.16. The third kappa shape index (κ3) is 2.72. The molecule has 1 aromatic carbocycles. The third-order valence-electron chi connectivity index (χ3n) is 3.86. The number of benzene rings is 1. The average molecular weight is 405 g/mol. The van der Waals surface area contributed by atoms with Gasteiger partial charge in [-0.3, -0.25) is 0 Å². The van der Waals surface area contributed by atoms with Crippen molar-refractivity contribution >= 4 is 15.9 Å². The summed E-state index contributed by atoms with van der Waals surface area (Å²) in [6.45, 7) is 1.61. The Morgan fingerprint density at radius 3 is 2.76 bits per heavy atom. The van der Waals surface area contributed by atoms with Crippen LogP contribution in [-0.2, 0) is 0 Å². The lowest BCUT2D eigenvalue weighted by atomic mass is 9.84. The molecule has 128 valence electrons. The number of halogens is 1. The number of nitrogens with two attached hydrogens (primary N) is 1. The summed E-state index contributed by atoms with van der Waals surface area (Å²) in [7, 11) is 1.40. The summed E-state index contributed by atoms with van der Waals surface area (Å²) < 4.78 is 16.1. The standard InChI is InChI=1S/C17H13BrN2O5/c1-7-3-11-14(17(22)24-7)13(9(6-19)16(20)25-11)8-4-10(18)15(21)12(5-8)23-2/h3-5,13,21H,20H2,1-2H3. The van der Waals surface area contributed by atoms with Crippen LogP contribution in [0.2, 0.25) is 0 Å². The molecule has 0 saturated carbocycles. The number of hydrogen-bond donors (Lipinski definition) is 2. The van der Waals surface area contributed by atoms with Crippen molar-refractivity contribution < 1.29 is 19.0 Å². The highest BCUT2D eigenvalue weighted by Crippen LogP contribution is 2.44. The van der Waals surface area contributed by atoms with Gasteiger partial charge < -0.3 is 24.7 Å². The van der Waals surface area contributed by atoms with Crippen molar-refractivity contribution in [1.29, 1.82) is 5.26 Å². The van der Waals surface area contributed by atoms with Crippen LogP contribution in [0.25, 0.3) is 0 Å². The zero-order valence-corrected chi connectivity index (χ0v) is 14.9. The van der Waals surface area contributed by atoms with E-state index in [1.165, 1.54) is 19.2 Å². The van der Waals surface area contributed by atoms with Crippen LogP contribution in [0.1, 0.15) is 22.8 Å². The number of nitriles is 1. The fourth-order valence-electron chi connectivity index (χ4n) is 2.77. The number of allylic oxidation sites excluding steroid dienone is 1. The lowest BCUT2D eigenvalue weighted by Crippen LogP contribution is -2.26. The molecule has 3 N–H and O–H groups in total. The maximum Gasteiger partial charge on any atom is 0.343 e. The molecule has 1 aliphatic heterocycles. The Kier molecular flexibility index (Phi) is 4.18. The number of phenolic OH excluding ortho intramolecular Hbond substituents is 1. The lowest BCUT2D eigenvalue weighted by molar-refractivity contribution is 0.366. The van der Waals surface area contributed by atoms with Gasteiger partial charge in [0.25, 0.3) is 0 Å². The topological polar surface area (TPSA) is 119 Å². The second kappa shape index (κ2) is 6.18. The monoisotopic (exact) mass is 404 g/mol. The van der Waals surface area contributed by atoms with E-state index in [2.05, 4.69) is 15.9 Å². The van der Waals surface area contributed by atoms with Crippen LogP contribution in [0, 0.1) is 18.3 Å². The Labute approximate surface area is 151 Å². The molecule has 1 unspecified atom stereocenters. The van der Waals surface area contributed by atoms with Crippen molar-refractivity contribution in [3.05, 3.63) is 61.4 Å². The van der Waals surface area contributed by atoms with Crippen LogP contribution < -0.4 is 20.8 Å². The molecule has 1 atom stereocenters. The molecule has 0 radical (unpaired) electrons. The van der Waals surface area contributed by atoms with Gasteiger partial charge in [0, 0.05) is 6.07 Å². The highest BCUT2D eigenvalue weighted by atomic mass is 79.9. The van der Waals surface area contributed by atoms with Gasteiger partial charge in [0.15, 0.2) is 11.5 Å². The van der Waals surface area contributed by atoms with Crippen LogP contribution in [0.3, 0.4) is 0 Å². The van der Waals surface area contributed by atoms with Crippen molar-refractivity contribution in [3.8, 4) is 23.3 Å². The van der Waals surface area contributed by atoms with Gasteiger partial charge in [-0.05, 0) is 40.5 Å². The largest absolute Gasteiger partial charge is 0.503 e. The SMILES string of the molecule is COc1cc(C2C(C#N)=C(N)Oc3cc(C)oc(=O)c32)cc(Br)c1O. The molecule has 7 nitrogen and oxygen atoms in total. The van der Waals surface area contributed by atoms with Gasteiger partial charge in [-0.2, -0.15) is 5.26 Å². The van der Waals surface area contributed by atoms with Crippen molar-refractivity contribution in [3.63, 3.8) is 0 Å². The molecule has 8 heteroatoms. The number of nitrogens with zero attached hydrogens (tertiary/aromatic N) is 1. The molecule has 0 saturated heterocycles. The van der Waals surface area contributed by atoms with Gasteiger partial charge in [0.1, 0.15) is 23.2 Å². The van der Waals surface area contributed by atoms with E-state index in [1.807, 2.05) is 6.07 Å². The van der Waals surface area contributed by atoms with Gasteiger partial charge in [-0.15, -0.1) is 0 Å². The Balaban J connectivity index is 2.34. The van der Waals surface area contributed by atoms with E-state index in [0.29, 0.717) is 15.8 Å². The molecule has 0 amide bonds. The fraction of sp³-hybridized carbons (Fsp3) is 0.176. The van der Waals surface area contributed by atoms with Crippen molar-refractivity contribution in [2.24, 2.45) is 5.73 Å². The smallest absolute Gasteiger partial charge is 0.343 e.